The number of rotatable bonds is 7. The summed E-state index contributed by atoms with van der Waals surface area (Å²) in [6.45, 7) is 0.897. The van der Waals surface area contributed by atoms with E-state index < -0.39 is 23.6 Å². The third kappa shape index (κ3) is 5.96. The second-order valence-corrected chi connectivity index (χ2v) is 10.5. The molecule has 0 radical (unpaired) electrons. The van der Waals surface area contributed by atoms with Gasteiger partial charge in [-0.25, -0.2) is 8.78 Å². The number of hydrogen-bond acceptors (Lipinski definition) is 3. The molecular weight excluding hydrogens is 488 g/mol. The number of aliphatic carboxylic acids is 1. The molecule has 0 bridgehead atoms. The van der Waals surface area contributed by atoms with Gasteiger partial charge in [0.05, 0.1) is 0 Å². The Kier molecular flexibility index (Phi) is 7.88. The number of likely N-dealkylation sites (tertiary alicyclic amines) is 1. The summed E-state index contributed by atoms with van der Waals surface area (Å²) in [5.41, 5.74) is 2.78. The van der Waals surface area contributed by atoms with Crippen molar-refractivity contribution in [2.24, 2.45) is 5.92 Å². The van der Waals surface area contributed by atoms with Gasteiger partial charge in [0, 0.05) is 48.4 Å². The van der Waals surface area contributed by atoms with E-state index in [1.165, 1.54) is 23.1 Å². The van der Waals surface area contributed by atoms with Crippen LogP contribution in [0.15, 0.2) is 54.7 Å². The van der Waals surface area contributed by atoms with E-state index in [4.69, 9.17) is 0 Å². The molecule has 5 rings (SSSR count). The van der Waals surface area contributed by atoms with Crippen molar-refractivity contribution in [3.05, 3.63) is 77.5 Å². The van der Waals surface area contributed by atoms with Crippen LogP contribution in [0.2, 0.25) is 0 Å². The maximum absolute atomic E-state index is 13.4. The molecule has 2 aromatic carbocycles. The molecule has 0 spiro atoms. The highest BCUT2D eigenvalue weighted by atomic mass is 19.1. The molecule has 2 aliphatic rings. The van der Waals surface area contributed by atoms with E-state index in [9.17, 15) is 23.5 Å². The van der Waals surface area contributed by atoms with Gasteiger partial charge in [0.2, 0.25) is 5.91 Å². The van der Waals surface area contributed by atoms with E-state index in [0.717, 1.165) is 49.4 Å². The molecular formula is C30H33F2N3O3. The number of para-hydroxylation sites is 1. The number of hydrogen-bond donors (Lipinski definition) is 3. The monoisotopic (exact) mass is 521 g/mol. The first kappa shape index (κ1) is 26.1. The van der Waals surface area contributed by atoms with Crippen LogP contribution in [0.3, 0.4) is 0 Å². The van der Waals surface area contributed by atoms with Crippen LogP contribution in [0.1, 0.15) is 55.6 Å². The molecule has 1 saturated carbocycles. The summed E-state index contributed by atoms with van der Waals surface area (Å²) in [5, 5.41) is 14.7. The van der Waals surface area contributed by atoms with Gasteiger partial charge in [-0.05, 0) is 85.8 Å². The first-order valence-electron chi connectivity index (χ1n) is 13.4. The number of carbonyl (C=O) groups is 2. The third-order valence-corrected chi connectivity index (χ3v) is 8.10. The predicted molar refractivity (Wildman–Crippen MR) is 143 cm³/mol. The highest BCUT2D eigenvalue weighted by molar-refractivity contribution is 5.91. The van der Waals surface area contributed by atoms with Crippen LogP contribution < -0.4 is 5.32 Å². The maximum atomic E-state index is 13.4. The Morgan fingerprint density at radius 1 is 1.00 bits per heavy atom. The zero-order valence-corrected chi connectivity index (χ0v) is 21.2. The average Bonchev–Trinajstić information content (AvgIpc) is 3.34. The highest BCUT2D eigenvalue weighted by Gasteiger charge is 2.35. The molecule has 200 valence electrons. The van der Waals surface area contributed by atoms with Crippen molar-refractivity contribution in [1.82, 2.24) is 15.2 Å². The molecule has 6 nitrogen and oxygen atoms in total. The van der Waals surface area contributed by atoms with Crippen LogP contribution in [0.4, 0.5) is 8.78 Å². The number of aromatic amines is 1. The molecule has 2 fully saturated rings. The molecule has 3 N–H and O–H groups in total. The fraction of sp³-hybridized carbons (Fsp3) is 0.400. The summed E-state index contributed by atoms with van der Waals surface area (Å²) in [6, 6.07) is 11.0. The Bertz CT molecular complexity index is 1300. The third-order valence-electron chi connectivity index (χ3n) is 8.10. The van der Waals surface area contributed by atoms with Gasteiger partial charge in [-0.1, -0.05) is 18.2 Å². The molecule has 1 unspecified atom stereocenters. The van der Waals surface area contributed by atoms with Crippen molar-refractivity contribution in [1.29, 1.82) is 0 Å². The van der Waals surface area contributed by atoms with Gasteiger partial charge in [-0.15, -0.1) is 0 Å². The van der Waals surface area contributed by atoms with Crippen molar-refractivity contribution in [3.63, 3.8) is 0 Å². The van der Waals surface area contributed by atoms with E-state index in [0.29, 0.717) is 31.8 Å². The number of fused-ring (bicyclic) bond motifs is 1. The number of aromatic nitrogens is 1. The normalized spacial score (nSPS) is 21.7. The minimum Gasteiger partial charge on any atom is -0.480 e. The Morgan fingerprint density at radius 2 is 1.68 bits per heavy atom. The minimum atomic E-state index is -0.846. The van der Waals surface area contributed by atoms with Crippen LogP contribution in [-0.2, 0) is 9.59 Å². The van der Waals surface area contributed by atoms with Crippen molar-refractivity contribution in [2.75, 3.05) is 13.1 Å². The van der Waals surface area contributed by atoms with Gasteiger partial charge in [-0.2, -0.15) is 0 Å². The van der Waals surface area contributed by atoms with E-state index >= 15 is 0 Å². The standard InChI is InChI=1S/C30H33F2N3O3/c31-22-15-19(16-23(32)17-22)5-10-28(36)35-13-11-21(12-14-35)29(30(37)38)34-24-8-6-20(7-9-24)26-18-33-27-4-2-1-3-25(26)27/h1-5,10,15-18,20-21,24,29,33-34H,6-9,11-14H2,(H,37,38)/b10-5+/t20-,24-,29?. The van der Waals surface area contributed by atoms with Crippen molar-refractivity contribution in [2.45, 2.75) is 56.5 Å². The number of nitrogens with one attached hydrogen (secondary N) is 2. The fourth-order valence-corrected chi connectivity index (χ4v) is 6.06. The van der Waals surface area contributed by atoms with Crippen LogP contribution in [0.5, 0.6) is 0 Å². The van der Waals surface area contributed by atoms with E-state index in [2.05, 4.69) is 34.7 Å². The van der Waals surface area contributed by atoms with Gasteiger partial charge in [0.1, 0.15) is 17.7 Å². The smallest absolute Gasteiger partial charge is 0.320 e. The number of amides is 1. The van der Waals surface area contributed by atoms with Gasteiger partial charge < -0.3 is 20.3 Å². The van der Waals surface area contributed by atoms with Gasteiger partial charge in [0.25, 0.3) is 0 Å². The zero-order chi connectivity index (χ0) is 26.6. The second kappa shape index (κ2) is 11.5. The average molecular weight is 522 g/mol. The Morgan fingerprint density at radius 3 is 2.37 bits per heavy atom. The molecule has 1 amide bonds. The second-order valence-electron chi connectivity index (χ2n) is 10.5. The minimum absolute atomic E-state index is 0.0656. The number of carbonyl (C=O) groups excluding carboxylic acids is 1. The SMILES string of the molecule is O=C(O)C(N[C@H]1CC[C@H](c2c[nH]c3ccccc32)CC1)C1CCN(C(=O)/C=C/c2cc(F)cc(F)c2)CC1. The van der Waals surface area contributed by atoms with Crippen LogP contribution in [0.25, 0.3) is 17.0 Å². The molecule has 3 aromatic rings. The number of piperidine rings is 1. The first-order chi connectivity index (χ1) is 18.4. The summed E-state index contributed by atoms with van der Waals surface area (Å²) in [6.07, 6.45) is 9.88. The van der Waals surface area contributed by atoms with Crippen LogP contribution in [0, 0.1) is 17.6 Å². The topological polar surface area (TPSA) is 85.4 Å². The molecule has 38 heavy (non-hydrogen) atoms. The first-order valence-corrected chi connectivity index (χ1v) is 13.4. The Balaban J connectivity index is 1.12. The summed E-state index contributed by atoms with van der Waals surface area (Å²) < 4.78 is 26.7. The van der Waals surface area contributed by atoms with E-state index in [-0.39, 0.29) is 23.4 Å². The van der Waals surface area contributed by atoms with Crippen LogP contribution in [-0.4, -0.2) is 52.0 Å². The number of nitrogens with zero attached hydrogens (tertiary/aromatic N) is 1. The quantitative estimate of drug-likeness (QED) is 0.360. The number of benzene rings is 2. The zero-order valence-electron chi connectivity index (χ0n) is 21.2. The van der Waals surface area contributed by atoms with Crippen molar-refractivity contribution >= 4 is 28.9 Å². The van der Waals surface area contributed by atoms with Crippen LogP contribution >= 0.6 is 0 Å². The molecule has 1 saturated heterocycles. The maximum Gasteiger partial charge on any atom is 0.320 e. The number of halogens is 2. The lowest BCUT2D eigenvalue weighted by Crippen LogP contribution is -2.52. The Hall–Kier alpha value is -3.52. The molecule has 1 aliphatic heterocycles. The summed E-state index contributed by atoms with van der Waals surface area (Å²) in [7, 11) is 0. The lowest BCUT2D eigenvalue weighted by Gasteiger charge is -2.37. The number of H-pyrrole nitrogens is 1. The predicted octanol–water partition coefficient (Wildman–Crippen LogP) is 5.47. The summed E-state index contributed by atoms with van der Waals surface area (Å²) in [5.74, 6) is -2.08. The Labute approximate surface area is 220 Å². The summed E-state index contributed by atoms with van der Waals surface area (Å²) in [4.78, 5) is 29.8. The lowest BCUT2D eigenvalue weighted by molar-refractivity contribution is -0.142. The van der Waals surface area contributed by atoms with Gasteiger partial charge in [-0.3, -0.25) is 9.59 Å². The van der Waals surface area contributed by atoms with E-state index in [1.54, 1.807) is 4.90 Å². The van der Waals surface area contributed by atoms with Crippen molar-refractivity contribution in [3.8, 4) is 0 Å². The molecule has 1 atom stereocenters. The molecule has 8 heteroatoms. The van der Waals surface area contributed by atoms with E-state index in [1.807, 2.05) is 6.07 Å². The lowest BCUT2D eigenvalue weighted by atomic mass is 9.80. The highest BCUT2D eigenvalue weighted by Crippen LogP contribution is 2.37. The van der Waals surface area contributed by atoms with Gasteiger partial charge in [0.15, 0.2) is 0 Å². The summed E-state index contributed by atoms with van der Waals surface area (Å²) >= 11 is 0. The largest absolute Gasteiger partial charge is 0.480 e. The van der Waals surface area contributed by atoms with Gasteiger partial charge >= 0.3 is 5.97 Å². The van der Waals surface area contributed by atoms with Crippen molar-refractivity contribution < 1.29 is 23.5 Å². The number of carboxylic acids is 1. The molecule has 1 aromatic heterocycles. The number of carboxylic acid groups (broad SMARTS) is 1. The fourth-order valence-electron chi connectivity index (χ4n) is 6.06. The molecule has 1 aliphatic carbocycles. The molecule has 2 heterocycles.